The Morgan fingerprint density at radius 2 is 1.96 bits per heavy atom. The molecule has 6 nitrogen and oxygen atoms in total. The number of hydrogen-bond donors (Lipinski definition) is 2. The summed E-state index contributed by atoms with van der Waals surface area (Å²) in [6.45, 7) is 5.74. The summed E-state index contributed by atoms with van der Waals surface area (Å²) in [5.74, 6) is 1.83. The fraction of sp³-hybridized carbons (Fsp3) is 0.250. The smallest absolute Gasteiger partial charge is 0.274 e. The van der Waals surface area contributed by atoms with Gasteiger partial charge in [-0.15, -0.1) is 0 Å². The standard InChI is InChI=1S/C20H22N4O2/c1-12(15-8-6-5-7-9-15)19-16(13(2)26-4)10-18(23-19)24-20(25)17-11-21-14(3)22-17/h5-9,11H,10H2,1-4H3,(H,21,22)(H,23,24,25)/b16-13+,19-12-. The summed E-state index contributed by atoms with van der Waals surface area (Å²) in [5, 5.41) is 2.87. The Morgan fingerprint density at radius 1 is 1.23 bits per heavy atom. The number of aromatic nitrogens is 2. The molecule has 2 aromatic rings. The number of benzene rings is 1. The largest absolute Gasteiger partial charge is 0.501 e. The molecule has 2 N–H and O–H groups in total. The number of imidazole rings is 1. The molecular formula is C20H22N4O2. The van der Waals surface area contributed by atoms with Gasteiger partial charge in [0.05, 0.1) is 24.8 Å². The highest BCUT2D eigenvalue weighted by Gasteiger charge is 2.24. The minimum atomic E-state index is -0.252. The number of carbonyl (C=O) groups is 1. The normalized spacial score (nSPS) is 17.6. The number of hydrogen-bond acceptors (Lipinski definition) is 4. The van der Waals surface area contributed by atoms with Crippen molar-refractivity contribution in [1.29, 1.82) is 0 Å². The van der Waals surface area contributed by atoms with E-state index >= 15 is 0 Å². The highest BCUT2D eigenvalue weighted by molar-refractivity contribution is 6.08. The van der Waals surface area contributed by atoms with Crippen molar-refractivity contribution < 1.29 is 9.53 Å². The Hall–Kier alpha value is -3.15. The van der Waals surface area contributed by atoms with Crippen LogP contribution in [0.1, 0.15) is 42.1 Å². The van der Waals surface area contributed by atoms with Crippen molar-refractivity contribution in [3.05, 3.63) is 70.6 Å². The third-order valence-electron chi connectivity index (χ3n) is 4.38. The van der Waals surface area contributed by atoms with Gasteiger partial charge in [-0.05, 0) is 31.9 Å². The first-order chi connectivity index (χ1) is 12.5. The van der Waals surface area contributed by atoms with Crippen LogP contribution in [0.2, 0.25) is 0 Å². The van der Waals surface area contributed by atoms with Crippen molar-refractivity contribution in [2.24, 2.45) is 4.99 Å². The molecule has 1 aromatic heterocycles. The average Bonchev–Trinajstić information content (AvgIpc) is 3.27. The molecule has 2 heterocycles. The van der Waals surface area contributed by atoms with Gasteiger partial charge in [0.15, 0.2) is 0 Å². The number of allylic oxidation sites excluding steroid dienone is 3. The maximum atomic E-state index is 12.4. The van der Waals surface area contributed by atoms with E-state index in [1.807, 2.05) is 44.2 Å². The van der Waals surface area contributed by atoms with Crippen LogP contribution in [0.25, 0.3) is 5.57 Å². The Kier molecular flexibility index (Phi) is 5.02. The molecule has 0 fully saturated rings. The van der Waals surface area contributed by atoms with Crippen LogP contribution in [-0.4, -0.2) is 28.8 Å². The van der Waals surface area contributed by atoms with Crippen LogP contribution in [0.3, 0.4) is 0 Å². The molecule has 1 aliphatic rings. The minimum Gasteiger partial charge on any atom is -0.501 e. The second-order valence-electron chi connectivity index (χ2n) is 6.15. The molecule has 0 radical (unpaired) electrons. The van der Waals surface area contributed by atoms with E-state index in [4.69, 9.17) is 4.74 Å². The Morgan fingerprint density at radius 3 is 2.58 bits per heavy atom. The lowest BCUT2D eigenvalue weighted by atomic mass is 10.0. The van der Waals surface area contributed by atoms with Gasteiger partial charge in [-0.25, -0.2) is 9.98 Å². The number of rotatable bonds is 3. The van der Waals surface area contributed by atoms with E-state index in [2.05, 4.69) is 20.3 Å². The average molecular weight is 350 g/mol. The van der Waals surface area contributed by atoms with Gasteiger partial charge in [-0.2, -0.15) is 0 Å². The molecular weight excluding hydrogens is 328 g/mol. The molecule has 1 amide bonds. The van der Waals surface area contributed by atoms with Gasteiger partial charge in [0, 0.05) is 12.0 Å². The van der Waals surface area contributed by atoms with Crippen LogP contribution in [0.15, 0.2) is 58.6 Å². The molecule has 1 aliphatic heterocycles. The number of aryl methyl sites for hydroxylation is 1. The fourth-order valence-electron chi connectivity index (χ4n) is 2.85. The van der Waals surface area contributed by atoms with Gasteiger partial charge >= 0.3 is 0 Å². The number of amides is 1. The zero-order valence-electron chi connectivity index (χ0n) is 15.4. The Bertz CT molecular complexity index is 920. The van der Waals surface area contributed by atoms with Crippen LogP contribution < -0.4 is 5.32 Å². The van der Waals surface area contributed by atoms with Crippen LogP contribution in [0.5, 0.6) is 0 Å². The molecule has 0 spiro atoms. The zero-order valence-corrected chi connectivity index (χ0v) is 15.4. The molecule has 0 unspecified atom stereocenters. The third-order valence-corrected chi connectivity index (χ3v) is 4.38. The summed E-state index contributed by atoms with van der Waals surface area (Å²) in [4.78, 5) is 24.0. The molecule has 134 valence electrons. The second kappa shape index (κ2) is 7.39. The van der Waals surface area contributed by atoms with Crippen molar-refractivity contribution in [2.75, 3.05) is 7.11 Å². The number of nitrogens with one attached hydrogen (secondary N) is 2. The lowest BCUT2D eigenvalue weighted by Crippen LogP contribution is -2.29. The first-order valence-corrected chi connectivity index (χ1v) is 8.40. The number of methoxy groups -OCH3 is 1. The van der Waals surface area contributed by atoms with Gasteiger partial charge in [0.25, 0.3) is 5.91 Å². The maximum absolute atomic E-state index is 12.4. The molecule has 1 aromatic carbocycles. The zero-order chi connectivity index (χ0) is 18.7. The van der Waals surface area contributed by atoms with E-state index in [9.17, 15) is 4.79 Å². The summed E-state index contributed by atoms with van der Waals surface area (Å²) in [6.07, 6.45) is 2.03. The van der Waals surface area contributed by atoms with Gasteiger partial charge in [-0.3, -0.25) is 4.79 Å². The first-order valence-electron chi connectivity index (χ1n) is 8.40. The molecule has 0 bridgehead atoms. The molecule has 0 atom stereocenters. The van der Waals surface area contributed by atoms with E-state index in [-0.39, 0.29) is 5.91 Å². The number of nitrogens with zero attached hydrogens (tertiary/aromatic N) is 2. The van der Waals surface area contributed by atoms with Crippen molar-refractivity contribution in [3.8, 4) is 0 Å². The van der Waals surface area contributed by atoms with E-state index in [0.29, 0.717) is 23.8 Å². The Labute approximate surface area is 152 Å². The highest BCUT2D eigenvalue weighted by Crippen LogP contribution is 2.33. The van der Waals surface area contributed by atoms with Crippen molar-refractivity contribution in [1.82, 2.24) is 15.3 Å². The number of aromatic amines is 1. The van der Waals surface area contributed by atoms with Crippen molar-refractivity contribution in [3.63, 3.8) is 0 Å². The molecule has 0 saturated heterocycles. The van der Waals surface area contributed by atoms with Crippen LogP contribution in [0.4, 0.5) is 0 Å². The monoisotopic (exact) mass is 350 g/mol. The summed E-state index contributed by atoms with van der Waals surface area (Å²) in [5.41, 5.74) is 4.36. The maximum Gasteiger partial charge on any atom is 0.274 e. The quantitative estimate of drug-likeness (QED) is 0.830. The van der Waals surface area contributed by atoms with Crippen LogP contribution >= 0.6 is 0 Å². The lowest BCUT2D eigenvalue weighted by Gasteiger charge is -2.09. The van der Waals surface area contributed by atoms with E-state index in [1.165, 1.54) is 6.20 Å². The number of carbonyl (C=O) groups excluding carboxylic acids is 1. The summed E-state index contributed by atoms with van der Waals surface area (Å²) < 4.78 is 5.43. The van der Waals surface area contributed by atoms with E-state index in [1.54, 1.807) is 14.0 Å². The summed E-state index contributed by atoms with van der Waals surface area (Å²) >= 11 is 0. The molecule has 26 heavy (non-hydrogen) atoms. The predicted molar refractivity (Wildman–Crippen MR) is 102 cm³/mol. The van der Waals surface area contributed by atoms with Crippen LogP contribution in [-0.2, 0) is 4.74 Å². The van der Waals surface area contributed by atoms with E-state index < -0.39 is 0 Å². The Balaban J connectivity index is 1.94. The molecule has 0 saturated carbocycles. The minimum absolute atomic E-state index is 0.252. The van der Waals surface area contributed by atoms with Gasteiger partial charge in [0.2, 0.25) is 0 Å². The summed E-state index contributed by atoms with van der Waals surface area (Å²) in [7, 11) is 1.64. The van der Waals surface area contributed by atoms with Crippen molar-refractivity contribution >= 4 is 17.3 Å². The van der Waals surface area contributed by atoms with Crippen molar-refractivity contribution in [2.45, 2.75) is 27.2 Å². The number of aliphatic imine (C=N–C) groups is 1. The number of ether oxygens (including phenoxy) is 1. The molecule has 6 heteroatoms. The summed E-state index contributed by atoms with van der Waals surface area (Å²) in [6, 6.07) is 10.1. The van der Waals surface area contributed by atoms with Gasteiger partial charge in [-0.1, -0.05) is 30.3 Å². The third kappa shape index (κ3) is 3.59. The first kappa shape index (κ1) is 17.7. The van der Waals surface area contributed by atoms with Gasteiger partial charge in [0.1, 0.15) is 17.4 Å². The van der Waals surface area contributed by atoms with Crippen LogP contribution in [0, 0.1) is 6.92 Å². The topological polar surface area (TPSA) is 79.4 Å². The lowest BCUT2D eigenvalue weighted by molar-refractivity contribution is 0.0972. The molecule has 0 aliphatic carbocycles. The molecule has 3 rings (SSSR count). The number of amidine groups is 1. The highest BCUT2D eigenvalue weighted by atomic mass is 16.5. The SMILES string of the molecule is CO/C(C)=C1\CC(NC(=O)c2cnc(C)[nH]2)=N\C1=C(\C)c1ccccc1. The van der Waals surface area contributed by atoms with E-state index in [0.717, 1.165) is 28.2 Å². The predicted octanol–water partition coefficient (Wildman–Crippen LogP) is 3.60. The second-order valence-corrected chi connectivity index (χ2v) is 6.15. The van der Waals surface area contributed by atoms with Gasteiger partial charge < -0.3 is 15.0 Å². The fourth-order valence-corrected chi connectivity index (χ4v) is 2.85. The number of H-pyrrole nitrogens is 1.